The van der Waals surface area contributed by atoms with Crippen molar-refractivity contribution in [2.45, 2.75) is 10.8 Å². The van der Waals surface area contributed by atoms with Gasteiger partial charge in [0.2, 0.25) is 0 Å². The van der Waals surface area contributed by atoms with E-state index in [4.69, 9.17) is 5.84 Å². The molecule has 6 heteroatoms. The summed E-state index contributed by atoms with van der Waals surface area (Å²) in [5, 5.41) is 0.942. The van der Waals surface area contributed by atoms with Crippen LogP contribution in [0.3, 0.4) is 0 Å². The number of aromatic nitrogens is 1. The zero-order valence-corrected chi connectivity index (χ0v) is 12.4. The first kappa shape index (κ1) is 14.0. The summed E-state index contributed by atoms with van der Waals surface area (Å²) >= 11 is 4.96. The van der Waals surface area contributed by atoms with E-state index < -0.39 is 0 Å². The molecular weight excluding hydrogens is 326 g/mol. The molecule has 1 heterocycles. The third-order valence-corrected chi connectivity index (χ3v) is 3.89. The summed E-state index contributed by atoms with van der Waals surface area (Å²) in [6.45, 7) is 0. The average molecular weight is 338 g/mol. The molecule has 0 saturated carbocycles. The topological polar surface area (TPSA) is 68.0 Å². The number of halogens is 1. The maximum Gasteiger partial charge on any atom is 0.265 e. The number of nitrogens with two attached hydrogens (primary N) is 1. The van der Waals surface area contributed by atoms with Gasteiger partial charge in [0.25, 0.3) is 5.91 Å². The highest BCUT2D eigenvalue weighted by atomic mass is 79.9. The summed E-state index contributed by atoms with van der Waals surface area (Å²) in [6.07, 6.45) is 1.76. The van der Waals surface area contributed by atoms with Crippen molar-refractivity contribution in [2.75, 3.05) is 0 Å². The molecule has 0 atom stereocenters. The number of thioether (sulfide) groups is 1. The molecular formula is C13H12BrN3OS. The molecule has 0 aliphatic heterocycles. The standard InChI is InChI=1S/C13H12BrN3OS/c14-11-4-5-12(16-7-11)19-8-9-2-1-3-10(6-9)13(18)17-15/h1-7H,8,15H2,(H,17,18). The van der Waals surface area contributed by atoms with Gasteiger partial charge < -0.3 is 0 Å². The van der Waals surface area contributed by atoms with Crippen LogP contribution in [0.5, 0.6) is 0 Å². The molecule has 0 saturated heterocycles. The fraction of sp³-hybridized carbons (Fsp3) is 0.0769. The maximum atomic E-state index is 11.4. The van der Waals surface area contributed by atoms with Crippen molar-refractivity contribution in [3.63, 3.8) is 0 Å². The van der Waals surface area contributed by atoms with E-state index in [-0.39, 0.29) is 5.91 Å². The highest BCUT2D eigenvalue weighted by Gasteiger charge is 2.04. The summed E-state index contributed by atoms with van der Waals surface area (Å²) in [5.41, 5.74) is 3.74. The Morgan fingerprint density at radius 3 is 2.89 bits per heavy atom. The number of carbonyl (C=O) groups is 1. The van der Waals surface area contributed by atoms with Gasteiger partial charge in [-0.1, -0.05) is 12.1 Å². The van der Waals surface area contributed by atoms with E-state index in [1.807, 2.05) is 30.3 Å². The molecule has 3 N–H and O–H groups in total. The van der Waals surface area contributed by atoms with Crippen molar-refractivity contribution in [3.8, 4) is 0 Å². The van der Waals surface area contributed by atoms with Crippen LogP contribution in [0.4, 0.5) is 0 Å². The molecule has 0 aliphatic rings. The number of nitrogens with zero attached hydrogens (tertiary/aromatic N) is 1. The second kappa shape index (κ2) is 6.70. The molecule has 2 rings (SSSR count). The predicted molar refractivity (Wildman–Crippen MR) is 79.6 cm³/mol. The number of nitrogens with one attached hydrogen (secondary N) is 1. The molecule has 1 aromatic carbocycles. The van der Waals surface area contributed by atoms with Gasteiger partial charge >= 0.3 is 0 Å². The first-order chi connectivity index (χ1) is 9.19. The minimum absolute atomic E-state index is 0.284. The molecule has 0 fully saturated rings. The van der Waals surface area contributed by atoms with Crippen LogP contribution >= 0.6 is 27.7 Å². The van der Waals surface area contributed by atoms with Gasteiger partial charge in [-0.3, -0.25) is 10.2 Å². The van der Waals surface area contributed by atoms with E-state index in [9.17, 15) is 4.79 Å². The molecule has 0 radical (unpaired) electrons. The van der Waals surface area contributed by atoms with E-state index in [0.717, 1.165) is 20.8 Å². The van der Waals surface area contributed by atoms with Gasteiger partial charge in [-0.05, 0) is 45.8 Å². The van der Waals surface area contributed by atoms with Crippen molar-refractivity contribution in [1.82, 2.24) is 10.4 Å². The molecule has 0 unspecified atom stereocenters. The summed E-state index contributed by atoms with van der Waals surface area (Å²) < 4.78 is 0.957. The highest BCUT2D eigenvalue weighted by Crippen LogP contribution is 2.22. The smallest absolute Gasteiger partial charge is 0.265 e. The number of benzene rings is 1. The van der Waals surface area contributed by atoms with E-state index in [1.165, 1.54) is 0 Å². The Balaban J connectivity index is 2.03. The number of hydrogen-bond acceptors (Lipinski definition) is 4. The first-order valence-corrected chi connectivity index (χ1v) is 7.31. The number of nitrogen functional groups attached to an aromatic ring is 1. The first-order valence-electron chi connectivity index (χ1n) is 5.53. The molecule has 1 aromatic heterocycles. The van der Waals surface area contributed by atoms with Gasteiger partial charge in [-0.25, -0.2) is 10.8 Å². The van der Waals surface area contributed by atoms with Crippen LogP contribution < -0.4 is 11.3 Å². The Bertz CT molecular complexity index is 574. The lowest BCUT2D eigenvalue weighted by Gasteiger charge is -2.04. The number of pyridine rings is 1. The average Bonchev–Trinajstić information content (AvgIpc) is 2.46. The van der Waals surface area contributed by atoms with Crippen LogP contribution in [-0.4, -0.2) is 10.9 Å². The summed E-state index contributed by atoms with van der Waals surface area (Å²) in [7, 11) is 0. The Labute approximate surface area is 123 Å². The summed E-state index contributed by atoms with van der Waals surface area (Å²) in [4.78, 5) is 15.7. The largest absolute Gasteiger partial charge is 0.290 e. The van der Waals surface area contributed by atoms with Gasteiger partial charge in [-0.15, -0.1) is 11.8 Å². The molecule has 1 amide bonds. The van der Waals surface area contributed by atoms with Crippen molar-refractivity contribution in [2.24, 2.45) is 5.84 Å². The number of amides is 1. The van der Waals surface area contributed by atoms with Crippen molar-refractivity contribution in [3.05, 3.63) is 58.2 Å². The van der Waals surface area contributed by atoms with Crippen molar-refractivity contribution in [1.29, 1.82) is 0 Å². The van der Waals surface area contributed by atoms with E-state index >= 15 is 0 Å². The van der Waals surface area contributed by atoms with Gasteiger partial charge in [0, 0.05) is 22.0 Å². The molecule has 19 heavy (non-hydrogen) atoms. The fourth-order valence-electron chi connectivity index (χ4n) is 1.49. The minimum atomic E-state index is -0.284. The SMILES string of the molecule is NNC(=O)c1cccc(CSc2ccc(Br)cn2)c1. The number of rotatable bonds is 4. The van der Waals surface area contributed by atoms with E-state index in [1.54, 1.807) is 24.0 Å². The Morgan fingerprint density at radius 1 is 1.37 bits per heavy atom. The van der Waals surface area contributed by atoms with Gasteiger partial charge in [0.05, 0.1) is 5.03 Å². The summed E-state index contributed by atoms with van der Waals surface area (Å²) in [6, 6.07) is 11.3. The normalized spacial score (nSPS) is 10.2. The third kappa shape index (κ3) is 4.05. The lowest BCUT2D eigenvalue weighted by atomic mass is 10.1. The summed E-state index contributed by atoms with van der Waals surface area (Å²) in [5.74, 6) is 5.58. The number of hydrogen-bond donors (Lipinski definition) is 2. The van der Waals surface area contributed by atoms with Gasteiger partial charge in [-0.2, -0.15) is 0 Å². The van der Waals surface area contributed by atoms with Crippen LogP contribution in [-0.2, 0) is 5.75 Å². The maximum absolute atomic E-state index is 11.4. The second-order valence-corrected chi connectivity index (χ2v) is 5.69. The Kier molecular flexibility index (Phi) is 4.95. The van der Waals surface area contributed by atoms with Gasteiger partial charge in [0.1, 0.15) is 0 Å². The lowest BCUT2D eigenvalue weighted by Crippen LogP contribution is -2.29. The van der Waals surface area contributed by atoms with Crippen LogP contribution in [0.2, 0.25) is 0 Å². The molecule has 98 valence electrons. The lowest BCUT2D eigenvalue weighted by molar-refractivity contribution is 0.0953. The molecule has 0 spiro atoms. The van der Waals surface area contributed by atoms with E-state index in [0.29, 0.717) is 5.56 Å². The number of hydrazine groups is 1. The molecule has 2 aromatic rings. The van der Waals surface area contributed by atoms with Crippen LogP contribution in [0.25, 0.3) is 0 Å². The zero-order valence-electron chi connectivity index (χ0n) is 9.97. The van der Waals surface area contributed by atoms with E-state index in [2.05, 4.69) is 26.3 Å². The molecule has 0 aliphatic carbocycles. The Morgan fingerprint density at radius 2 is 2.21 bits per heavy atom. The second-order valence-electron chi connectivity index (χ2n) is 3.78. The van der Waals surface area contributed by atoms with Crippen molar-refractivity contribution < 1.29 is 4.79 Å². The third-order valence-electron chi connectivity index (χ3n) is 2.41. The zero-order chi connectivity index (χ0) is 13.7. The van der Waals surface area contributed by atoms with Crippen LogP contribution in [0.15, 0.2) is 52.1 Å². The monoisotopic (exact) mass is 337 g/mol. The Hall–Kier alpha value is -1.37. The molecule has 4 nitrogen and oxygen atoms in total. The fourth-order valence-corrected chi connectivity index (χ4v) is 2.51. The van der Waals surface area contributed by atoms with Crippen LogP contribution in [0.1, 0.15) is 15.9 Å². The number of carbonyl (C=O) groups excluding carboxylic acids is 1. The van der Waals surface area contributed by atoms with Gasteiger partial charge in [0.15, 0.2) is 0 Å². The highest BCUT2D eigenvalue weighted by molar-refractivity contribution is 9.10. The van der Waals surface area contributed by atoms with Crippen molar-refractivity contribution >= 4 is 33.6 Å². The quantitative estimate of drug-likeness (QED) is 0.389. The van der Waals surface area contributed by atoms with Crippen LogP contribution in [0, 0.1) is 0 Å². The minimum Gasteiger partial charge on any atom is -0.290 e. The molecule has 0 bridgehead atoms. The predicted octanol–water partition coefficient (Wildman–Crippen LogP) is 2.74.